The zero-order valence-electron chi connectivity index (χ0n) is 9.17. The maximum atomic E-state index is 11.6. The highest BCUT2D eigenvalue weighted by atomic mass is 16.2. The van der Waals surface area contributed by atoms with Crippen LogP contribution in [0.2, 0.25) is 0 Å². The lowest BCUT2D eigenvalue weighted by Crippen LogP contribution is -2.38. The van der Waals surface area contributed by atoms with Crippen LogP contribution in [0.1, 0.15) is 45.4 Å². The van der Waals surface area contributed by atoms with Crippen LogP contribution >= 0.6 is 0 Å². The topological polar surface area (TPSA) is 20.3 Å². The molecule has 1 fully saturated rings. The molecule has 80 valence electrons. The molecular formula is C12H21NO. The molecule has 0 saturated heterocycles. The Labute approximate surface area is 87.0 Å². The van der Waals surface area contributed by atoms with E-state index >= 15 is 0 Å². The Morgan fingerprint density at radius 2 is 1.93 bits per heavy atom. The summed E-state index contributed by atoms with van der Waals surface area (Å²) in [6.45, 7) is 6.42. The van der Waals surface area contributed by atoms with Crippen molar-refractivity contribution >= 4 is 5.91 Å². The molecule has 2 heteroatoms. The Morgan fingerprint density at radius 1 is 1.36 bits per heavy atom. The zero-order valence-corrected chi connectivity index (χ0v) is 9.17. The maximum absolute atomic E-state index is 11.6. The number of hydrogen-bond donors (Lipinski definition) is 0. The predicted octanol–water partition coefficient (Wildman–Crippen LogP) is 2.74. The molecule has 0 aliphatic heterocycles. The van der Waals surface area contributed by atoms with Gasteiger partial charge in [0.25, 0.3) is 0 Å². The molecule has 1 aliphatic rings. The van der Waals surface area contributed by atoms with Gasteiger partial charge >= 0.3 is 0 Å². The molecule has 1 saturated carbocycles. The second kappa shape index (κ2) is 5.84. The van der Waals surface area contributed by atoms with E-state index in [2.05, 4.69) is 6.58 Å². The van der Waals surface area contributed by atoms with Crippen molar-refractivity contribution in [1.29, 1.82) is 0 Å². The first-order valence-corrected chi connectivity index (χ1v) is 5.72. The largest absolute Gasteiger partial charge is 0.336 e. The number of hydrogen-bond acceptors (Lipinski definition) is 1. The van der Waals surface area contributed by atoms with Gasteiger partial charge in [-0.2, -0.15) is 0 Å². The smallest absolute Gasteiger partial charge is 0.246 e. The molecule has 1 amide bonds. The third kappa shape index (κ3) is 2.86. The molecule has 1 rings (SSSR count). The highest BCUT2D eigenvalue weighted by molar-refractivity contribution is 5.87. The van der Waals surface area contributed by atoms with Gasteiger partial charge in [0.15, 0.2) is 0 Å². The lowest BCUT2D eigenvalue weighted by Gasteiger charge is -2.29. The van der Waals surface area contributed by atoms with Gasteiger partial charge in [0.05, 0.1) is 0 Å². The molecule has 0 atom stereocenters. The molecule has 0 heterocycles. The van der Waals surface area contributed by atoms with E-state index in [1.54, 1.807) is 0 Å². The second-order valence-corrected chi connectivity index (χ2v) is 3.97. The summed E-state index contributed by atoms with van der Waals surface area (Å²) >= 11 is 0. The standard InChI is InChI=1S/C12H21NO/c1-3-12(14)13(4-2)11-9-7-5-6-8-10-11/h3,11H,1,4-10H2,2H3. The summed E-state index contributed by atoms with van der Waals surface area (Å²) in [5.41, 5.74) is 0. The number of carbonyl (C=O) groups is 1. The van der Waals surface area contributed by atoms with Gasteiger partial charge in [-0.3, -0.25) is 4.79 Å². The van der Waals surface area contributed by atoms with E-state index in [1.807, 2.05) is 11.8 Å². The quantitative estimate of drug-likeness (QED) is 0.501. The van der Waals surface area contributed by atoms with E-state index in [1.165, 1.54) is 44.6 Å². The average Bonchev–Trinajstić information content (AvgIpc) is 2.47. The molecular weight excluding hydrogens is 174 g/mol. The summed E-state index contributed by atoms with van der Waals surface area (Å²) in [5.74, 6) is 0.0967. The number of rotatable bonds is 3. The third-order valence-corrected chi connectivity index (χ3v) is 3.06. The summed E-state index contributed by atoms with van der Waals surface area (Å²) < 4.78 is 0. The van der Waals surface area contributed by atoms with Crippen molar-refractivity contribution in [2.24, 2.45) is 0 Å². The molecule has 0 unspecified atom stereocenters. The van der Waals surface area contributed by atoms with Gasteiger partial charge in [0.2, 0.25) is 5.91 Å². The molecule has 0 aromatic heterocycles. The van der Waals surface area contributed by atoms with Gasteiger partial charge in [0.1, 0.15) is 0 Å². The summed E-state index contributed by atoms with van der Waals surface area (Å²) in [6.07, 6.45) is 8.99. The summed E-state index contributed by atoms with van der Waals surface area (Å²) in [5, 5.41) is 0. The first-order valence-electron chi connectivity index (χ1n) is 5.72. The first-order chi connectivity index (χ1) is 6.79. The van der Waals surface area contributed by atoms with Crippen LogP contribution in [0.25, 0.3) is 0 Å². The molecule has 2 nitrogen and oxygen atoms in total. The maximum Gasteiger partial charge on any atom is 0.246 e. The van der Waals surface area contributed by atoms with Crippen molar-refractivity contribution in [3.8, 4) is 0 Å². The highest BCUT2D eigenvalue weighted by Gasteiger charge is 2.21. The van der Waals surface area contributed by atoms with Crippen LogP contribution in [0.3, 0.4) is 0 Å². The van der Waals surface area contributed by atoms with Gasteiger partial charge in [-0.05, 0) is 25.8 Å². The van der Waals surface area contributed by atoms with Crippen LogP contribution in [-0.4, -0.2) is 23.4 Å². The van der Waals surface area contributed by atoms with Crippen LogP contribution < -0.4 is 0 Å². The molecule has 0 aromatic rings. The van der Waals surface area contributed by atoms with Crippen LogP contribution in [0.5, 0.6) is 0 Å². The predicted molar refractivity (Wildman–Crippen MR) is 59.1 cm³/mol. The van der Waals surface area contributed by atoms with Crippen molar-refractivity contribution in [2.75, 3.05) is 6.54 Å². The lowest BCUT2D eigenvalue weighted by atomic mass is 10.1. The van der Waals surface area contributed by atoms with E-state index in [-0.39, 0.29) is 5.91 Å². The van der Waals surface area contributed by atoms with E-state index in [0.717, 1.165) is 6.54 Å². The minimum atomic E-state index is 0.0967. The second-order valence-electron chi connectivity index (χ2n) is 3.97. The molecule has 1 aliphatic carbocycles. The number of carbonyl (C=O) groups excluding carboxylic acids is 1. The van der Waals surface area contributed by atoms with Gasteiger partial charge in [-0.15, -0.1) is 0 Å². The highest BCUT2D eigenvalue weighted by Crippen LogP contribution is 2.21. The minimum absolute atomic E-state index is 0.0967. The Hall–Kier alpha value is -0.790. The van der Waals surface area contributed by atoms with Crippen LogP contribution in [0, 0.1) is 0 Å². The molecule has 14 heavy (non-hydrogen) atoms. The van der Waals surface area contributed by atoms with E-state index < -0.39 is 0 Å². The summed E-state index contributed by atoms with van der Waals surface area (Å²) in [4.78, 5) is 13.5. The molecule has 0 aromatic carbocycles. The van der Waals surface area contributed by atoms with Crippen molar-refractivity contribution in [3.63, 3.8) is 0 Å². The van der Waals surface area contributed by atoms with Crippen molar-refractivity contribution in [2.45, 2.75) is 51.5 Å². The van der Waals surface area contributed by atoms with Gasteiger partial charge in [-0.25, -0.2) is 0 Å². The van der Waals surface area contributed by atoms with Gasteiger partial charge in [-0.1, -0.05) is 32.3 Å². The fraction of sp³-hybridized carbons (Fsp3) is 0.750. The SMILES string of the molecule is C=CC(=O)N(CC)C1CCCCCC1. The Balaban J connectivity index is 2.56. The minimum Gasteiger partial charge on any atom is -0.336 e. The molecule has 0 spiro atoms. The van der Waals surface area contributed by atoms with Gasteiger partial charge < -0.3 is 4.90 Å². The summed E-state index contributed by atoms with van der Waals surface area (Å²) in [6, 6.07) is 0.466. The fourth-order valence-electron chi connectivity index (χ4n) is 2.28. The number of amides is 1. The van der Waals surface area contributed by atoms with Gasteiger partial charge in [0, 0.05) is 12.6 Å². The van der Waals surface area contributed by atoms with Crippen LogP contribution in [0.4, 0.5) is 0 Å². The molecule has 0 bridgehead atoms. The first kappa shape index (κ1) is 11.3. The number of nitrogens with zero attached hydrogens (tertiary/aromatic N) is 1. The summed E-state index contributed by atoms with van der Waals surface area (Å²) in [7, 11) is 0. The lowest BCUT2D eigenvalue weighted by molar-refractivity contribution is -0.128. The van der Waals surface area contributed by atoms with Crippen molar-refractivity contribution in [1.82, 2.24) is 4.90 Å². The Kier molecular flexibility index (Phi) is 4.71. The monoisotopic (exact) mass is 195 g/mol. The van der Waals surface area contributed by atoms with E-state index in [4.69, 9.17) is 0 Å². The Morgan fingerprint density at radius 3 is 2.36 bits per heavy atom. The molecule has 0 radical (unpaired) electrons. The van der Waals surface area contributed by atoms with Crippen LogP contribution in [0.15, 0.2) is 12.7 Å². The fourth-order valence-corrected chi connectivity index (χ4v) is 2.28. The van der Waals surface area contributed by atoms with Crippen molar-refractivity contribution in [3.05, 3.63) is 12.7 Å². The molecule has 0 N–H and O–H groups in total. The van der Waals surface area contributed by atoms with E-state index in [9.17, 15) is 4.79 Å². The average molecular weight is 195 g/mol. The van der Waals surface area contributed by atoms with Crippen LogP contribution in [-0.2, 0) is 4.79 Å². The zero-order chi connectivity index (χ0) is 10.4. The van der Waals surface area contributed by atoms with Crippen molar-refractivity contribution < 1.29 is 4.79 Å². The number of likely N-dealkylation sites (N-methyl/N-ethyl adjacent to an activating group) is 1. The van der Waals surface area contributed by atoms with E-state index in [0.29, 0.717) is 6.04 Å². The normalized spacial score (nSPS) is 18.6. The third-order valence-electron chi connectivity index (χ3n) is 3.06. The Bertz CT molecular complexity index is 192.